The number of rotatable bonds is 6. The van der Waals surface area contributed by atoms with Gasteiger partial charge in [0.05, 0.1) is 0 Å². The van der Waals surface area contributed by atoms with Gasteiger partial charge in [0, 0.05) is 16.8 Å². The Labute approximate surface area is 180 Å². The third kappa shape index (κ3) is 4.80. The fourth-order valence-electron chi connectivity index (χ4n) is 3.08. The van der Waals surface area contributed by atoms with Crippen LogP contribution in [0.25, 0.3) is 22.8 Å². The van der Waals surface area contributed by atoms with Crippen molar-refractivity contribution >= 4 is 11.6 Å². The van der Waals surface area contributed by atoms with Gasteiger partial charge in [-0.15, -0.1) is 0 Å². The highest BCUT2D eigenvalue weighted by atomic mass is 16.5. The molecule has 0 radical (unpaired) electrons. The average Bonchev–Trinajstić information content (AvgIpc) is 3.26. The number of amides is 1. The van der Waals surface area contributed by atoms with Crippen molar-refractivity contribution in [1.29, 1.82) is 0 Å². The van der Waals surface area contributed by atoms with Gasteiger partial charge in [-0.25, -0.2) is 0 Å². The minimum absolute atomic E-state index is 0.0599. The van der Waals surface area contributed by atoms with E-state index in [1.807, 2.05) is 75.4 Å². The third-order valence-electron chi connectivity index (χ3n) is 5.07. The molecule has 0 spiro atoms. The molecule has 4 aromatic rings. The van der Waals surface area contributed by atoms with Gasteiger partial charge >= 0.3 is 0 Å². The van der Waals surface area contributed by atoms with Gasteiger partial charge in [0.1, 0.15) is 5.75 Å². The quantitative estimate of drug-likeness (QED) is 0.461. The molecule has 0 aliphatic carbocycles. The van der Waals surface area contributed by atoms with Gasteiger partial charge in [-0.2, -0.15) is 4.98 Å². The zero-order valence-electron chi connectivity index (χ0n) is 17.7. The number of hydrogen-bond donors (Lipinski definition) is 1. The van der Waals surface area contributed by atoms with Gasteiger partial charge in [0.25, 0.3) is 11.8 Å². The standard InChI is InChI=1S/C25H23N3O3/c1-16-7-9-19(10-8-16)24-27-25(31-28-24)20-11-13-21(14-12-20)26-23(29)15-30-22-6-4-5-17(2)18(22)3/h4-14H,15H2,1-3H3,(H,26,29). The number of aromatic nitrogens is 2. The fraction of sp³-hybridized carbons (Fsp3) is 0.160. The minimum atomic E-state index is -0.229. The molecule has 156 valence electrons. The Hall–Kier alpha value is -3.93. The number of anilines is 1. The second-order valence-corrected chi connectivity index (χ2v) is 7.40. The van der Waals surface area contributed by atoms with E-state index in [-0.39, 0.29) is 12.5 Å². The molecule has 6 heteroatoms. The third-order valence-corrected chi connectivity index (χ3v) is 5.07. The zero-order valence-corrected chi connectivity index (χ0v) is 17.7. The largest absolute Gasteiger partial charge is 0.483 e. The van der Waals surface area contributed by atoms with Crippen molar-refractivity contribution in [1.82, 2.24) is 10.1 Å². The molecule has 0 atom stereocenters. The molecular formula is C25H23N3O3. The summed E-state index contributed by atoms with van der Waals surface area (Å²) in [7, 11) is 0. The highest BCUT2D eigenvalue weighted by Crippen LogP contribution is 2.24. The molecule has 0 aliphatic heterocycles. The summed E-state index contributed by atoms with van der Waals surface area (Å²) < 4.78 is 11.0. The molecule has 31 heavy (non-hydrogen) atoms. The van der Waals surface area contributed by atoms with Crippen LogP contribution in [-0.2, 0) is 4.79 Å². The number of ether oxygens (including phenoxy) is 1. The van der Waals surface area contributed by atoms with E-state index in [0.29, 0.717) is 23.2 Å². The fourth-order valence-corrected chi connectivity index (χ4v) is 3.08. The first kappa shape index (κ1) is 20.3. The van der Waals surface area contributed by atoms with Crippen LogP contribution in [0.4, 0.5) is 5.69 Å². The highest BCUT2D eigenvalue weighted by molar-refractivity contribution is 5.92. The molecule has 0 saturated carbocycles. The van der Waals surface area contributed by atoms with Gasteiger partial charge < -0.3 is 14.6 Å². The Balaban J connectivity index is 1.37. The highest BCUT2D eigenvalue weighted by Gasteiger charge is 2.11. The van der Waals surface area contributed by atoms with Crippen molar-refractivity contribution in [2.24, 2.45) is 0 Å². The van der Waals surface area contributed by atoms with Crippen molar-refractivity contribution in [3.63, 3.8) is 0 Å². The molecular weight excluding hydrogens is 390 g/mol. The van der Waals surface area contributed by atoms with Gasteiger partial charge in [0.15, 0.2) is 6.61 Å². The lowest BCUT2D eigenvalue weighted by atomic mass is 10.1. The summed E-state index contributed by atoms with van der Waals surface area (Å²) in [5, 5.41) is 6.89. The Morgan fingerprint density at radius 3 is 2.39 bits per heavy atom. The summed E-state index contributed by atoms with van der Waals surface area (Å²) in [6, 6.07) is 21.0. The SMILES string of the molecule is Cc1ccc(-c2noc(-c3ccc(NC(=O)COc4cccc(C)c4C)cc3)n2)cc1. The normalized spacial score (nSPS) is 10.7. The van der Waals surface area contributed by atoms with Crippen LogP contribution in [0.3, 0.4) is 0 Å². The predicted octanol–water partition coefficient (Wildman–Crippen LogP) is 5.35. The lowest BCUT2D eigenvalue weighted by Crippen LogP contribution is -2.20. The van der Waals surface area contributed by atoms with Crippen LogP contribution in [0.1, 0.15) is 16.7 Å². The van der Waals surface area contributed by atoms with Crippen molar-refractivity contribution in [2.45, 2.75) is 20.8 Å². The lowest BCUT2D eigenvalue weighted by molar-refractivity contribution is -0.118. The maximum atomic E-state index is 12.2. The Kier molecular flexibility index (Phi) is 5.80. The van der Waals surface area contributed by atoms with Crippen molar-refractivity contribution < 1.29 is 14.1 Å². The first-order chi connectivity index (χ1) is 15.0. The molecule has 1 amide bonds. The maximum absolute atomic E-state index is 12.2. The molecule has 1 aromatic heterocycles. The van der Waals surface area contributed by atoms with Crippen LogP contribution in [0.5, 0.6) is 5.75 Å². The van der Waals surface area contributed by atoms with Gasteiger partial charge in [0.2, 0.25) is 5.82 Å². The monoisotopic (exact) mass is 413 g/mol. The first-order valence-electron chi connectivity index (χ1n) is 9.99. The number of nitrogens with one attached hydrogen (secondary N) is 1. The van der Waals surface area contributed by atoms with Gasteiger partial charge in [-0.1, -0.05) is 47.1 Å². The smallest absolute Gasteiger partial charge is 0.262 e. The van der Waals surface area contributed by atoms with E-state index >= 15 is 0 Å². The number of carbonyl (C=O) groups is 1. The predicted molar refractivity (Wildman–Crippen MR) is 120 cm³/mol. The van der Waals surface area contributed by atoms with Gasteiger partial charge in [-0.3, -0.25) is 4.79 Å². The number of nitrogens with zero attached hydrogens (tertiary/aromatic N) is 2. The van der Waals surface area contributed by atoms with Crippen LogP contribution in [0.2, 0.25) is 0 Å². The Bertz CT molecular complexity index is 1200. The van der Waals surface area contributed by atoms with Crippen LogP contribution in [-0.4, -0.2) is 22.7 Å². The summed E-state index contributed by atoms with van der Waals surface area (Å²) in [6.45, 7) is 5.96. The van der Waals surface area contributed by atoms with Crippen LogP contribution >= 0.6 is 0 Å². The van der Waals surface area contributed by atoms with E-state index in [1.54, 1.807) is 12.1 Å². The number of aryl methyl sites for hydroxylation is 2. The molecule has 0 aliphatic rings. The van der Waals surface area contributed by atoms with E-state index in [4.69, 9.17) is 9.26 Å². The number of carbonyl (C=O) groups excluding carboxylic acids is 1. The Morgan fingerprint density at radius 2 is 1.65 bits per heavy atom. The van der Waals surface area contributed by atoms with E-state index < -0.39 is 0 Å². The second kappa shape index (κ2) is 8.83. The molecule has 0 fully saturated rings. The van der Waals surface area contributed by atoms with E-state index in [2.05, 4.69) is 15.5 Å². The molecule has 3 aromatic carbocycles. The molecule has 0 saturated heterocycles. The molecule has 6 nitrogen and oxygen atoms in total. The van der Waals surface area contributed by atoms with Crippen LogP contribution < -0.4 is 10.1 Å². The first-order valence-corrected chi connectivity index (χ1v) is 9.99. The summed E-state index contributed by atoms with van der Waals surface area (Å²) in [5.74, 6) is 1.45. The van der Waals surface area contributed by atoms with Crippen LogP contribution in [0.15, 0.2) is 71.3 Å². The summed E-state index contributed by atoms with van der Waals surface area (Å²) >= 11 is 0. The summed E-state index contributed by atoms with van der Waals surface area (Å²) in [5.41, 5.74) is 5.66. The van der Waals surface area contributed by atoms with Crippen LogP contribution in [0, 0.1) is 20.8 Å². The molecule has 1 N–H and O–H groups in total. The van der Waals surface area contributed by atoms with E-state index in [0.717, 1.165) is 22.3 Å². The molecule has 0 unspecified atom stereocenters. The molecule has 4 rings (SSSR count). The lowest BCUT2D eigenvalue weighted by Gasteiger charge is -2.11. The second-order valence-electron chi connectivity index (χ2n) is 7.40. The average molecular weight is 413 g/mol. The van der Waals surface area contributed by atoms with Crippen molar-refractivity contribution in [2.75, 3.05) is 11.9 Å². The Morgan fingerprint density at radius 1 is 0.935 bits per heavy atom. The van der Waals surface area contributed by atoms with Gasteiger partial charge in [-0.05, 0) is 62.2 Å². The van der Waals surface area contributed by atoms with Crippen molar-refractivity contribution in [3.05, 3.63) is 83.4 Å². The summed E-state index contributed by atoms with van der Waals surface area (Å²) in [6.07, 6.45) is 0. The zero-order chi connectivity index (χ0) is 21.8. The van der Waals surface area contributed by atoms with E-state index in [9.17, 15) is 4.79 Å². The number of benzene rings is 3. The topological polar surface area (TPSA) is 77.2 Å². The molecule has 0 bridgehead atoms. The molecule has 1 heterocycles. The maximum Gasteiger partial charge on any atom is 0.262 e. The van der Waals surface area contributed by atoms with E-state index in [1.165, 1.54) is 5.56 Å². The number of hydrogen-bond acceptors (Lipinski definition) is 5. The summed E-state index contributed by atoms with van der Waals surface area (Å²) in [4.78, 5) is 16.7. The minimum Gasteiger partial charge on any atom is -0.483 e. The van der Waals surface area contributed by atoms with Crippen molar-refractivity contribution in [3.8, 4) is 28.6 Å².